The molecule has 9 nitrogen and oxygen atoms in total. The van der Waals surface area contributed by atoms with Gasteiger partial charge in [0.15, 0.2) is 0 Å². The minimum absolute atomic E-state index is 0.0831. The Morgan fingerprint density at radius 1 is 1.27 bits per heavy atom. The molecule has 0 bridgehead atoms. The van der Waals surface area contributed by atoms with E-state index in [-0.39, 0.29) is 17.5 Å². The Labute approximate surface area is 170 Å². The molecule has 1 aliphatic heterocycles. The molecule has 4 N–H and O–H groups in total. The molecule has 0 spiro atoms. The number of aliphatic hydroxyl groups is 1. The molecule has 2 heterocycles. The number of hydrogen-bond donors (Lipinski definition) is 3. The van der Waals surface area contributed by atoms with E-state index in [1.807, 2.05) is 0 Å². The highest BCUT2D eigenvalue weighted by molar-refractivity contribution is 7.89. The Kier molecular flexibility index (Phi) is 6.45. The van der Waals surface area contributed by atoms with Crippen molar-refractivity contribution in [1.29, 1.82) is 0 Å². The van der Waals surface area contributed by atoms with E-state index in [1.54, 1.807) is 0 Å². The summed E-state index contributed by atoms with van der Waals surface area (Å²) in [5, 5.41) is 17.8. The van der Waals surface area contributed by atoms with Crippen molar-refractivity contribution in [3.63, 3.8) is 0 Å². The third kappa shape index (κ3) is 5.56. The highest BCUT2D eigenvalue weighted by Gasteiger charge is 2.38. The molecule has 0 unspecified atom stereocenters. The van der Waals surface area contributed by atoms with E-state index in [9.17, 15) is 26.7 Å². The zero-order valence-electron chi connectivity index (χ0n) is 15.5. The summed E-state index contributed by atoms with van der Waals surface area (Å²) in [6.45, 7) is 0.286. The normalized spacial score (nSPS) is 20.4. The van der Waals surface area contributed by atoms with Gasteiger partial charge in [-0.3, -0.25) is 0 Å². The maximum Gasteiger partial charge on any atom is 0.423 e. The summed E-state index contributed by atoms with van der Waals surface area (Å²) in [7, 11) is -3.89. The molecular weight excluding hydrogens is 429 g/mol. The molecule has 1 aromatic carbocycles. The van der Waals surface area contributed by atoms with Crippen LogP contribution >= 0.6 is 0 Å². The second-order valence-electron chi connectivity index (χ2n) is 6.55. The monoisotopic (exact) mass is 448 g/mol. The third-order valence-electron chi connectivity index (χ3n) is 4.26. The first-order chi connectivity index (χ1) is 14.0. The number of hydrogen-bond acceptors (Lipinski definition) is 8. The Morgan fingerprint density at radius 2 is 1.97 bits per heavy atom. The number of primary sulfonamides is 1. The van der Waals surface area contributed by atoms with Crippen LogP contribution in [0.15, 0.2) is 35.4 Å². The number of ether oxygens (including phenoxy) is 2. The van der Waals surface area contributed by atoms with Crippen LogP contribution in [0.2, 0.25) is 0 Å². The fourth-order valence-electron chi connectivity index (χ4n) is 2.71. The molecule has 3 rings (SSSR count). The number of nitrogens with one attached hydrogen (secondary N) is 1. The van der Waals surface area contributed by atoms with E-state index in [0.717, 1.165) is 0 Å². The number of aromatic nitrogens is 2. The molecule has 2 atom stereocenters. The number of halogens is 3. The van der Waals surface area contributed by atoms with Gasteiger partial charge in [0.1, 0.15) is 11.7 Å². The molecule has 164 valence electrons. The predicted octanol–water partition coefficient (Wildman–Crippen LogP) is 1.81. The zero-order chi connectivity index (χ0) is 21.9. The molecule has 1 saturated heterocycles. The molecule has 1 aromatic heterocycles. The Balaban J connectivity index is 1.86. The maximum absolute atomic E-state index is 13.4. The lowest BCUT2D eigenvalue weighted by Gasteiger charge is -2.22. The Morgan fingerprint density at radius 3 is 2.60 bits per heavy atom. The molecule has 1 aliphatic rings. The largest absolute Gasteiger partial charge is 0.469 e. The lowest BCUT2D eigenvalue weighted by Crippen LogP contribution is -2.35. The molecule has 1 fully saturated rings. The van der Waals surface area contributed by atoms with Crippen LogP contribution < -0.4 is 15.2 Å². The number of nitrogens with zero attached hydrogens (tertiary/aromatic N) is 2. The van der Waals surface area contributed by atoms with Crippen LogP contribution in [0.25, 0.3) is 0 Å². The van der Waals surface area contributed by atoms with E-state index < -0.39 is 39.9 Å². The van der Waals surface area contributed by atoms with E-state index in [0.29, 0.717) is 31.3 Å². The van der Waals surface area contributed by atoms with Gasteiger partial charge < -0.3 is 19.9 Å². The number of aliphatic hydroxyl groups excluding tert-OH is 1. The summed E-state index contributed by atoms with van der Waals surface area (Å²) in [5.41, 5.74) is -0.889. The molecule has 30 heavy (non-hydrogen) atoms. The Hall–Kier alpha value is -2.48. The summed E-state index contributed by atoms with van der Waals surface area (Å²) < 4.78 is 73.3. The van der Waals surface area contributed by atoms with Crippen molar-refractivity contribution < 1.29 is 36.2 Å². The summed E-state index contributed by atoms with van der Waals surface area (Å²) in [6.07, 6.45) is -5.37. The lowest BCUT2D eigenvalue weighted by atomic mass is 10.1. The van der Waals surface area contributed by atoms with Crippen molar-refractivity contribution in [1.82, 2.24) is 9.97 Å². The standard InChI is InChI=1S/C17H19F3N4O5S/c18-17(19,20)12-8-22-16(23-10-3-5-11(6-4-10)30(21,26)27)24-15(12)29-14-9-28-7-1-2-13(14)25/h3-6,8,13-14,25H,1-2,7,9H2,(H2,21,26,27)(H,22,23,24)/t13-,14+/m1/s1. The molecule has 0 aliphatic carbocycles. The second kappa shape index (κ2) is 8.71. The molecule has 13 heteroatoms. The smallest absolute Gasteiger partial charge is 0.423 e. The van der Waals surface area contributed by atoms with E-state index >= 15 is 0 Å². The van der Waals surface area contributed by atoms with Crippen molar-refractivity contribution in [3.05, 3.63) is 36.0 Å². The molecule has 0 saturated carbocycles. The quantitative estimate of drug-likeness (QED) is 0.630. The van der Waals surface area contributed by atoms with Crippen molar-refractivity contribution >= 4 is 21.7 Å². The average molecular weight is 448 g/mol. The summed E-state index contributed by atoms with van der Waals surface area (Å²) >= 11 is 0. The Bertz CT molecular complexity index is 986. The van der Waals surface area contributed by atoms with Gasteiger partial charge in [0.25, 0.3) is 0 Å². The van der Waals surface area contributed by atoms with Crippen LogP contribution in [0, 0.1) is 0 Å². The van der Waals surface area contributed by atoms with Crippen LogP contribution in [0.5, 0.6) is 5.88 Å². The first-order valence-corrected chi connectivity index (χ1v) is 10.4. The minimum atomic E-state index is -4.78. The molecule has 2 aromatic rings. The van der Waals surface area contributed by atoms with E-state index in [4.69, 9.17) is 14.6 Å². The molecule has 0 radical (unpaired) electrons. The molecular formula is C17H19F3N4O5S. The number of benzene rings is 1. The van der Waals surface area contributed by atoms with Crippen LogP contribution in [-0.4, -0.2) is 48.9 Å². The predicted molar refractivity (Wildman–Crippen MR) is 98.6 cm³/mol. The van der Waals surface area contributed by atoms with E-state index in [2.05, 4.69) is 15.3 Å². The van der Waals surface area contributed by atoms with Crippen LogP contribution in [0.1, 0.15) is 18.4 Å². The summed E-state index contributed by atoms with van der Waals surface area (Å²) in [4.78, 5) is 7.30. The first kappa shape index (κ1) is 22.2. The highest BCUT2D eigenvalue weighted by Crippen LogP contribution is 2.36. The number of alkyl halides is 3. The van der Waals surface area contributed by atoms with Crippen LogP contribution in [0.4, 0.5) is 24.8 Å². The average Bonchev–Trinajstić information content (AvgIpc) is 2.85. The fraction of sp³-hybridized carbons (Fsp3) is 0.412. The van der Waals surface area contributed by atoms with Crippen molar-refractivity contribution in [2.24, 2.45) is 5.14 Å². The first-order valence-electron chi connectivity index (χ1n) is 8.80. The van der Waals surface area contributed by atoms with Gasteiger partial charge in [-0.15, -0.1) is 0 Å². The zero-order valence-corrected chi connectivity index (χ0v) is 16.3. The second-order valence-corrected chi connectivity index (χ2v) is 8.11. The lowest BCUT2D eigenvalue weighted by molar-refractivity contribution is -0.140. The number of sulfonamides is 1. The van der Waals surface area contributed by atoms with Gasteiger partial charge in [0, 0.05) is 18.5 Å². The van der Waals surface area contributed by atoms with Crippen molar-refractivity contribution in [2.45, 2.75) is 36.1 Å². The van der Waals surface area contributed by atoms with Gasteiger partial charge in [0.2, 0.25) is 21.9 Å². The van der Waals surface area contributed by atoms with Crippen molar-refractivity contribution in [2.75, 3.05) is 18.5 Å². The summed E-state index contributed by atoms with van der Waals surface area (Å²) in [5.74, 6) is -0.971. The van der Waals surface area contributed by atoms with Gasteiger partial charge in [-0.2, -0.15) is 18.2 Å². The van der Waals surface area contributed by atoms with Gasteiger partial charge in [-0.1, -0.05) is 0 Å². The fourth-order valence-corrected chi connectivity index (χ4v) is 3.23. The van der Waals surface area contributed by atoms with Crippen molar-refractivity contribution in [3.8, 4) is 5.88 Å². The van der Waals surface area contributed by atoms with Gasteiger partial charge >= 0.3 is 6.18 Å². The van der Waals surface area contributed by atoms with Gasteiger partial charge in [-0.05, 0) is 37.1 Å². The highest BCUT2D eigenvalue weighted by atomic mass is 32.2. The summed E-state index contributed by atoms with van der Waals surface area (Å²) in [6, 6.07) is 5.14. The topological polar surface area (TPSA) is 137 Å². The van der Waals surface area contributed by atoms with Crippen LogP contribution in [-0.2, 0) is 20.9 Å². The number of rotatable bonds is 5. The van der Waals surface area contributed by atoms with Crippen LogP contribution in [0.3, 0.4) is 0 Å². The third-order valence-corrected chi connectivity index (χ3v) is 5.19. The van der Waals surface area contributed by atoms with E-state index in [1.165, 1.54) is 24.3 Å². The number of nitrogens with two attached hydrogens (primary N) is 1. The maximum atomic E-state index is 13.4. The minimum Gasteiger partial charge on any atom is -0.469 e. The van der Waals surface area contributed by atoms with Gasteiger partial charge in [0.05, 0.1) is 17.6 Å². The number of anilines is 2. The molecule has 0 amide bonds. The van der Waals surface area contributed by atoms with Gasteiger partial charge in [-0.25, -0.2) is 18.5 Å². The SMILES string of the molecule is NS(=O)(=O)c1ccc(Nc2ncc(C(F)(F)F)c(O[C@H]3COCCC[C@H]3O)n2)cc1.